The predicted molar refractivity (Wildman–Crippen MR) is 88.3 cm³/mol. The molecule has 4 atom stereocenters. The number of nitrogens with one attached hydrogen (secondary N) is 2. The molecule has 23 heavy (non-hydrogen) atoms. The highest BCUT2D eigenvalue weighted by Gasteiger charge is 2.54. The second-order valence-corrected chi connectivity index (χ2v) is 6.66. The summed E-state index contributed by atoms with van der Waals surface area (Å²) in [4.78, 5) is 15.6. The van der Waals surface area contributed by atoms with E-state index in [2.05, 4.69) is 34.6 Å². The van der Waals surface area contributed by atoms with Crippen molar-refractivity contribution in [3.05, 3.63) is 59.4 Å². The number of hydrogen-bond acceptors (Lipinski definition) is 2. The smallest absolute Gasteiger partial charge is 0.253 e. The van der Waals surface area contributed by atoms with Crippen LogP contribution in [0.1, 0.15) is 28.0 Å². The second-order valence-electron chi connectivity index (χ2n) is 6.66. The van der Waals surface area contributed by atoms with Crippen LogP contribution < -0.4 is 5.32 Å². The van der Waals surface area contributed by atoms with Gasteiger partial charge in [0, 0.05) is 36.4 Å². The van der Waals surface area contributed by atoms with Crippen LogP contribution >= 0.6 is 0 Å². The number of carbonyl (C=O) groups is 1. The number of benzene rings is 1. The molecule has 1 aromatic carbocycles. The van der Waals surface area contributed by atoms with Crippen molar-refractivity contribution in [1.29, 1.82) is 0 Å². The fourth-order valence-electron chi connectivity index (χ4n) is 4.10. The zero-order chi connectivity index (χ0) is 15.8. The third kappa shape index (κ3) is 2.57. The molecule has 120 valence electrons. The molecule has 1 saturated carbocycles. The number of aromatic nitrogens is 1. The van der Waals surface area contributed by atoms with Crippen LogP contribution in [0.25, 0.3) is 0 Å². The maximum Gasteiger partial charge on any atom is 0.253 e. The molecule has 1 amide bonds. The summed E-state index contributed by atoms with van der Waals surface area (Å²) in [5.41, 5.74) is 2.97. The van der Waals surface area contributed by atoms with Gasteiger partial charge in [0.05, 0.1) is 11.7 Å². The Morgan fingerprint density at radius 3 is 2.87 bits per heavy atom. The molecule has 1 saturated heterocycles. The van der Waals surface area contributed by atoms with Crippen molar-refractivity contribution >= 4 is 5.91 Å². The lowest BCUT2D eigenvalue weighted by atomic mass is 9.64. The average molecular weight is 310 g/mol. The van der Waals surface area contributed by atoms with Crippen molar-refractivity contribution in [3.8, 4) is 0 Å². The summed E-state index contributed by atoms with van der Waals surface area (Å²) in [6.07, 6.45) is 4.12. The van der Waals surface area contributed by atoms with Crippen LogP contribution in [0.3, 0.4) is 0 Å². The van der Waals surface area contributed by atoms with Crippen LogP contribution in [0.15, 0.2) is 42.6 Å². The van der Waals surface area contributed by atoms with E-state index in [4.69, 9.17) is 4.74 Å². The molecule has 0 unspecified atom stereocenters. The maximum absolute atomic E-state index is 12.5. The summed E-state index contributed by atoms with van der Waals surface area (Å²) in [6, 6.07) is 12.5. The lowest BCUT2D eigenvalue weighted by molar-refractivity contribution is -0.0528. The largest absolute Gasteiger partial charge is 0.377 e. The fourth-order valence-corrected chi connectivity index (χ4v) is 4.10. The number of carbonyl (C=O) groups excluding carboxylic acids is 1. The van der Waals surface area contributed by atoms with Crippen LogP contribution in [-0.2, 0) is 11.2 Å². The highest BCUT2D eigenvalue weighted by atomic mass is 16.5. The van der Waals surface area contributed by atoms with Crippen molar-refractivity contribution in [2.75, 3.05) is 6.61 Å². The van der Waals surface area contributed by atoms with Gasteiger partial charge < -0.3 is 15.0 Å². The Kier molecular flexibility index (Phi) is 3.69. The molecule has 1 aromatic heterocycles. The lowest BCUT2D eigenvalue weighted by Gasteiger charge is -2.48. The predicted octanol–water partition coefficient (Wildman–Crippen LogP) is 2.70. The maximum atomic E-state index is 12.5. The molecule has 0 spiro atoms. The number of ether oxygens (including phenoxy) is 1. The van der Waals surface area contributed by atoms with Crippen LogP contribution in [0.5, 0.6) is 0 Å². The number of aryl methyl sites for hydroxylation is 1. The lowest BCUT2D eigenvalue weighted by Crippen LogP contribution is -2.62. The van der Waals surface area contributed by atoms with Crippen molar-refractivity contribution in [3.63, 3.8) is 0 Å². The van der Waals surface area contributed by atoms with E-state index in [-0.39, 0.29) is 11.9 Å². The number of H-pyrrole nitrogens is 1. The molecule has 4 rings (SSSR count). The first kappa shape index (κ1) is 14.5. The van der Waals surface area contributed by atoms with Gasteiger partial charge in [0.15, 0.2) is 0 Å². The SMILES string of the molecule is Cc1[nH]ccc1C(=O)N[C@@H]1[C@@H](Cc2ccccc2)[C@H]2OCC[C@@H]12. The van der Waals surface area contributed by atoms with Crippen LogP contribution in [0.2, 0.25) is 0 Å². The van der Waals surface area contributed by atoms with E-state index >= 15 is 0 Å². The Labute approximate surface area is 136 Å². The zero-order valence-electron chi connectivity index (χ0n) is 13.3. The Morgan fingerprint density at radius 2 is 2.13 bits per heavy atom. The highest BCUT2D eigenvalue weighted by Crippen LogP contribution is 2.45. The van der Waals surface area contributed by atoms with Gasteiger partial charge in [0.1, 0.15) is 0 Å². The van der Waals surface area contributed by atoms with Crippen LogP contribution in [0.4, 0.5) is 0 Å². The first-order valence-corrected chi connectivity index (χ1v) is 8.34. The van der Waals surface area contributed by atoms with Crippen molar-refractivity contribution in [2.45, 2.75) is 31.9 Å². The van der Waals surface area contributed by atoms with Crippen LogP contribution in [0, 0.1) is 18.8 Å². The molecule has 2 fully saturated rings. The average Bonchev–Trinajstić information content (AvgIpc) is 3.18. The van der Waals surface area contributed by atoms with Gasteiger partial charge in [0.25, 0.3) is 5.91 Å². The van der Waals surface area contributed by atoms with E-state index in [1.807, 2.05) is 25.3 Å². The topological polar surface area (TPSA) is 54.1 Å². The Morgan fingerprint density at radius 1 is 1.30 bits per heavy atom. The van der Waals surface area contributed by atoms with Gasteiger partial charge in [-0.2, -0.15) is 0 Å². The summed E-state index contributed by atoms with van der Waals surface area (Å²) in [5, 5.41) is 3.26. The van der Waals surface area contributed by atoms with Crippen LogP contribution in [-0.4, -0.2) is 29.6 Å². The third-order valence-corrected chi connectivity index (χ3v) is 5.34. The summed E-state index contributed by atoms with van der Waals surface area (Å²) in [6.45, 7) is 2.74. The van der Waals surface area contributed by atoms with E-state index in [0.29, 0.717) is 17.9 Å². The minimum Gasteiger partial charge on any atom is -0.377 e. The monoisotopic (exact) mass is 310 g/mol. The molecule has 1 aliphatic heterocycles. The number of rotatable bonds is 4. The zero-order valence-corrected chi connectivity index (χ0v) is 13.3. The minimum atomic E-state index is 0.0251. The molecule has 0 bridgehead atoms. The van der Waals surface area contributed by atoms with Gasteiger partial charge in [-0.3, -0.25) is 4.79 Å². The molecule has 1 aliphatic carbocycles. The molecule has 2 aliphatic rings. The fraction of sp³-hybridized carbons (Fsp3) is 0.421. The minimum absolute atomic E-state index is 0.0251. The van der Waals surface area contributed by atoms with Gasteiger partial charge in [-0.25, -0.2) is 0 Å². The summed E-state index contributed by atoms with van der Waals surface area (Å²) >= 11 is 0. The number of aromatic amines is 1. The Balaban J connectivity index is 1.49. The van der Waals surface area contributed by atoms with E-state index in [1.54, 1.807) is 0 Å². The summed E-state index contributed by atoms with van der Waals surface area (Å²) in [5.74, 6) is 0.858. The van der Waals surface area contributed by atoms with Gasteiger partial charge >= 0.3 is 0 Å². The van der Waals surface area contributed by atoms with E-state index in [1.165, 1.54) is 5.56 Å². The molecule has 2 aromatic rings. The highest BCUT2D eigenvalue weighted by molar-refractivity contribution is 5.95. The van der Waals surface area contributed by atoms with E-state index in [9.17, 15) is 4.79 Å². The van der Waals surface area contributed by atoms with Gasteiger partial charge in [0.2, 0.25) is 0 Å². The molecule has 2 heterocycles. The first-order valence-electron chi connectivity index (χ1n) is 8.34. The first-order chi connectivity index (χ1) is 11.2. The number of fused-ring (bicyclic) bond motifs is 1. The number of hydrogen-bond donors (Lipinski definition) is 2. The molecule has 4 heteroatoms. The normalized spacial score (nSPS) is 28.9. The van der Waals surface area contributed by atoms with E-state index in [0.717, 1.165) is 30.7 Å². The van der Waals surface area contributed by atoms with Gasteiger partial charge in [-0.05, 0) is 31.4 Å². The standard InChI is InChI=1S/C19H22N2O2/c1-12-14(7-9-20-12)19(22)21-17-15-8-10-23-18(15)16(17)11-13-5-3-2-4-6-13/h2-7,9,15-18,20H,8,10-11H2,1H3,(H,21,22)/t15-,16+,17-,18-/m0/s1. The molecular weight excluding hydrogens is 288 g/mol. The van der Waals surface area contributed by atoms with Crippen molar-refractivity contribution in [2.24, 2.45) is 11.8 Å². The number of amides is 1. The third-order valence-electron chi connectivity index (χ3n) is 5.34. The molecule has 0 radical (unpaired) electrons. The summed E-state index contributed by atoms with van der Waals surface area (Å²) < 4.78 is 5.91. The molecular formula is C19H22N2O2. The van der Waals surface area contributed by atoms with Crippen molar-refractivity contribution in [1.82, 2.24) is 10.3 Å². The van der Waals surface area contributed by atoms with Gasteiger partial charge in [-0.15, -0.1) is 0 Å². The quantitative estimate of drug-likeness (QED) is 0.912. The molecule has 4 nitrogen and oxygen atoms in total. The van der Waals surface area contributed by atoms with Crippen molar-refractivity contribution < 1.29 is 9.53 Å². The van der Waals surface area contributed by atoms with E-state index < -0.39 is 0 Å². The molecule has 2 N–H and O–H groups in total. The van der Waals surface area contributed by atoms with Gasteiger partial charge in [-0.1, -0.05) is 30.3 Å². The summed E-state index contributed by atoms with van der Waals surface area (Å²) in [7, 11) is 0. The Bertz CT molecular complexity index is 694. The second kappa shape index (κ2) is 5.85. The Hall–Kier alpha value is -2.07.